The number of carbonyl (C=O) groups excluding carboxylic acids is 1. The number of benzene rings is 1. The van der Waals surface area contributed by atoms with Crippen molar-refractivity contribution in [1.82, 2.24) is 0 Å². The van der Waals surface area contributed by atoms with Gasteiger partial charge in [-0.2, -0.15) is 18.4 Å². The van der Waals surface area contributed by atoms with Gasteiger partial charge in [-0.05, 0) is 25.1 Å². The van der Waals surface area contributed by atoms with Crippen LogP contribution in [0.3, 0.4) is 0 Å². The maximum atomic E-state index is 13.2. The van der Waals surface area contributed by atoms with E-state index >= 15 is 0 Å². The van der Waals surface area contributed by atoms with Gasteiger partial charge in [0, 0.05) is 0 Å². The largest absolute Gasteiger partial charge is 0.417 e. The van der Waals surface area contributed by atoms with Gasteiger partial charge in [0.25, 0.3) is 0 Å². The van der Waals surface area contributed by atoms with E-state index in [1.165, 1.54) is 6.07 Å². The third-order valence-electron chi connectivity index (χ3n) is 5.00. The first-order chi connectivity index (χ1) is 12.0. The average molecular weight is 384 g/mol. The first-order valence-electron chi connectivity index (χ1n) is 7.57. The Morgan fingerprint density at radius 2 is 2.04 bits per heavy atom. The summed E-state index contributed by atoms with van der Waals surface area (Å²) in [7, 11) is -4.26. The molecule has 0 aliphatic carbocycles. The maximum Gasteiger partial charge on any atom is 0.417 e. The summed E-state index contributed by atoms with van der Waals surface area (Å²) in [5, 5.41) is 7.69. The van der Waals surface area contributed by atoms with Gasteiger partial charge in [0.15, 0.2) is 0 Å². The molecule has 2 saturated heterocycles. The first-order valence-corrected chi connectivity index (χ1v) is 9.07. The number of nitrogens with zero attached hydrogens (tertiary/aromatic N) is 2. The Kier molecular flexibility index (Phi) is 3.19. The number of alkyl halides is 3. The lowest BCUT2D eigenvalue weighted by molar-refractivity contribution is -0.137. The number of halogens is 3. The van der Waals surface area contributed by atoms with Crippen LogP contribution in [-0.4, -0.2) is 31.3 Å². The highest BCUT2D eigenvalue weighted by molar-refractivity contribution is 7.94. The number of nitriles is 1. The fraction of sp³-hybridized carbons (Fsp3) is 0.375. The molecule has 0 N–H and O–H groups in total. The zero-order valence-electron chi connectivity index (χ0n) is 13.2. The standard InChI is InChI=1S/C16H11F3N2O4S/c1-15-5-4-11(25-15)13-12(15)14(22)21(26(13,23)24)9-3-2-8(7-20)10(6-9)16(17,18)19/h2-6,11-13H,1H3/t11-,12-,13+,15-/m1/s1. The summed E-state index contributed by atoms with van der Waals surface area (Å²) in [5.74, 6) is -1.85. The number of rotatable bonds is 1. The molecule has 0 spiro atoms. The normalized spacial score (nSPS) is 34.2. The summed E-state index contributed by atoms with van der Waals surface area (Å²) in [5.41, 5.74) is -3.48. The van der Waals surface area contributed by atoms with Crippen molar-refractivity contribution >= 4 is 21.6 Å². The number of anilines is 1. The molecular formula is C16H11F3N2O4S. The third-order valence-corrected chi connectivity index (χ3v) is 7.13. The molecule has 1 aromatic carbocycles. The van der Waals surface area contributed by atoms with Crippen molar-refractivity contribution in [3.8, 4) is 6.07 Å². The van der Waals surface area contributed by atoms with E-state index in [4.69, 9.17) is 10.00 Å². The van der Waals surface area contributed by atoms with Crippen molar-refractivity contribution in [3.05, 3.63) is 41.5 Å². The van der Waals surface area contributed by atoms with Crippen molar-refractivity contribution in [2.75, 3.05) is 4.31 Å². The Morgan fingerprint density at radius 1 is 1.35 bits per heavy atom. The summed E-state index contributed by atoms with van der Waals surface area (Å²) in [6.45, 7) is 1.57. The molecule has 4 atom stereocenters. The number of carbonyl (C=O) groups is 1. The van der Waals surface area contributed by atoms with Crippen LogP contribution in [-0.2, 0) is 25.7 Å². The van der Waals surface area contributed by atoms with Crippen molar-refractivity contribution < 1.29 is 31.1 Å². The van der Waals surface area contributed by atoms with E-state index in [2.05, 4.69) is 0 Å². The van der Waals surface area contributed by atoms with Gasteiger partial charge >= 0.3 is 6.18 Å². The number of hydrogen-bond acceptors (Lipinski definition) is 5. The smallest absolute Gasteiger partial charge is 0.362 e. The molecule has 1 aromatic rings. The molecule has 4 rings (SSSR count). The monoisotopic (exact) mass is 384 g/mol. The second-order valence-corrected chi connectivity index (χ2v) is 8.49. The number of ether oxygens (including phenoxy) is 1. The van der Waals surface area contributed by atoms with Crippen molar-refractivity contribution in [2.45, 2.75) is 30.1 Å². The molecule has 10 heteroatoms. The van der Waals surface area contributed by atoms with Crippen molar-refractivity contribution in [3.63, 3.8) is 0 Å². The Labute approximate surface area is 146 Å². The minimum atomic E-state index is -4.86. The fourth-order valence-electron chi connectivity index (χ4n) is 3.89. The van der Waals surface area contributed by atoms with Gasteiger partial charge in [-0.1, -0.05) is 12.2 Å². The Bertz CT molecular complexity index is 1010. The number of amides is 1. The molecule has 136 valence electrons. The van der Waals surface area contributed by atoms with Crippen LogP contribution in [0.5, 0.6) is 0 Å². The van der Waals surface area contributed by atoms with Gasteiger partial charge in [-0.15, -0.1) is 0 Å². The lowest BCUT2D eigenvalue weighted by Crippen LogP contribution is -2.38. The number of hydrogen-bond donors (Lipinski definition) is 0. The topological polar surface area (TPSA) is 87.5 Å². The van der Waals surface area contributed by atoms with Crippen LogP contribution >= 0.6 is 0 Å². The Hall–Kier alpha value is -2.38. The Balaban J connectivity index is 1.86. The molecule has 0 radical (unpaired) electrons. The lowest BCUT2D eigenvalue weighted by Gasteiger charge is -2.24. The van der Waals surface area contributed by atoms with Gasteiger partial charge in [-0.25, -0.2) is 12.7 Å². The van der Waals surface area contributed by atoms with E-state index < -0.39 is 61.8 Å². The second kappa shape index (κ2) is 4.86. The van der Waals surface area contributed by atoms with Crippen LogP contribution in [0, 0.1) is 17.2 Å². The number of fused-ring (bicyclic) bond motifs is 5. The van der Waals surface area contributed by atoms with E-state index in [9.17, 15) is 26.4 Å². The van der Waals surface area contributed by atoms with E-state index in [0.29, 0.717) is 10.4 Å². The van der Waals surface area contributed by atoms with Crippen LogP contribution in [0.15, 0.2) is 30.4 Å². The summed E-state index contributed by atoms with van der Waals surface area (Å²) in [4.78, 5) is 12.8. The molecule has 3 aliphatic heterocycles. The minimum absolute atomic E-state index is 0.416. The van der Waals surface area contributed by atoms with Crippen LogP contribution in [0.2, 0.25) is 0 Å². The van der Waals surface area contributed by atoms with E-state index in [1.807, 2.05) is 0 Å². The first kappa shape index (κ1) is 17.1. The highest BCUT2D eigenvalue weighted by Crippen LogP contribution is 2.52. The average Bonchev–Trinajstić information content (AvgIpc) is 3.13. The highest BCUT2D eigenvalue weighted by Gasteiger charge is 2.69. The molecule has 6 nitrogen and oxygen atoms in total. The summed E-state index contributed by atoms with van der Waals surface area (Å²) < 4.78 is 71.3. The molecule has 0 aromatic heterocycles. The van der Waals surface area contributed by atoms with Gasteiger partial charge < -0.3 is 4.74 Å². The fourth-order valence-corrected chi connectivity index (χ4v) is 6.12. The van der Waals surface area contributed by atoms with Gasteiger partial charge in [-0.3, -0.25) is 4.79 Å². The van der Waals surface area contributed by atoms with Crippen LogP contribution in [0.4, 0.5) is 18.9 Å². The molecule has 2 fully saturated rings. The number of sulfonamides is 1. The van der Waals surface area contributed by atoms with E-state index in [0.717, 1.165) is 12.1 Å². The lowest BCUT2D eigenvalue weighted by atomic mass is 9.83. The zero-order chi connectivity index (χ0) is 19.1. The molecule has 3 aliphatic rings. The predicted octanol–water partition coefficient (Wildman–Crippen LogP) is 1.97. The molecule has 0 saturated carbocycles. The van der Waals surface area contributed by atoms with E-state index in [-0.39, 0.29) is 0 Å². The molecule has 1 amide bonds. The summed E-state index contributed by atoms with van der Waals surface area (Å²) >= 11 is 0. The van der Waals surface area contributed by atoms with Crippen LogP contribution in [0.25, 0.3) is 0 Å². The Morgan fingerprint density at radius 3 is 2.62 bits per heavy atom. The molecular weight excluding hydrogens is 373 g/mol. The minimum Gasteiger partial charge on any atom is -0.362 e. The van der Waals surface area contributed by atoms with Gasteiger partial charge in [0.2, 0.25) is 15.9 Å². The van der Waals surface area contributed by atoms with Crippen molar-refractivity contribution in [1.29, 1.82) is 5.26 Å². The van der Waals surface area contributed by atoms with Crippen LogP contribution < -0.4 is 4.31 Å². The van der Waals surface area contributed by atoms with Crippen molar-refractivity contribution in [2.24, 2.45) is 5.92 Å². The van der Waals surface area contributed by atoms with Crippen LogP contribution in [0.1, 0.15) is 18.1 Å². The highest BCUT2D eigenvalue weighted by atomic mass is 32.2. The third kappa shape index (κ3) is 2.01. The summed E-state index contributed by atoms with van der Waals surface area (Å²) in [6, 6.07) is 3.83. The second-order valence-electron chi connectivity index (χ2n) is 6.55. The van der Waals surface area contributed by atoms with Gasteiger partial charge in [0.05, 0.1) is 40.5 Å². The van der Waals surface area contributed by atoms with E-state index in [1.54, 1.807) is 19.1 Å². The SMILES string of the molecule is C[C@]12C=C[C@@H](O1)[C@H]1[C@@H]2C(=O)N(c2ccc(C#N)c(C(F)(F)F)c2)S1(=O)=O. The zero-order valence-corrected chi connectivity index (χ0v) is 14.0. The molecule has 3 heterocycles. The molecule has 26 heavy (non-hydrogen) atoms. The maximum absolute atomic E-state index is 13.2. The quantitative estimate of drug-likeness (QED) is 0.691. The molecule has 0 unspecified atom stereocenters. The molecule has 2 bridgehead atoms. The summed E-state index contributed by atoms with van der Waals surface area (Å²) in [6.07, 6.45) is -2.52. The van der Waals surface area contributed by atoms with Gasteiger partial charge in [0.1, 0.15) is 5.25 Å². The predicted molar refractivity (Wildman–Crippen MR) is 82.3 cm³/mol.